The van der Waals surface area contributed by atoms with Crippen LogP contribution in [0.1, 0.15) is 5.56 Å². The average molecular weight is 311 g/mol. The third kappa shape index (κ3) is 2.11. The van der Waals surface area contributed by atoms with E-state index in [-0.39, 0.29) is 32.2 Å². The zero-order valence-electron chi connectivity index (χ0n) is 8.79. The highest BCUT2D eigenvalue weighted by molar-refractivity contribution is 6.43. The van der Waals surface area contributed by atoms with Crippen LogP contribution in [0.5, 0.6) is 11.8 Å². The van der Waals surface area contributed by atoms with Gasteiger partial charge in [-0.15, -0.1) is 0 Å². The van der Waals surface area contributed by atoms with Gasteiger partial charge in [-0.25, -0.2) is 8.96 Å². The van der Waals surface area contributed by atoms with Gasteiger partial charge in [0.15, 0.2) is 5.88 Å². The Bertz CT molecular complexity index is 613. The molecule has 0 fully saturated rings. The molecular weight excluding hydrogens is 303 g/mol. The summed E-state index contributed by atoms with van der Waals surface area (Å²) in [4.78, 5) is 0. The number of nitrogens with zero attached hydrogens (tertiary/aromatic N) is 1. The Morgan fingerprint density at radius 3 is 2.17 bits per heavy atom. The van der Waals surface area contributed by atoms with Crippen molar-refractivity contribution in [2.24, 2.45) is 0 Å². The lowest BCUT2D eigenvalue weighted by molar-refractivity contribution is 0.393. The molecule has 0 atom stereocenters. The third-order valence-electron chi connectivity index (χ3n) is 2.41. The molecule has 0 spiro atoms. The minimum Gasteiger partial charge on any atom is -0.494 e. The fourth-order valence-electron chi connectivity index (χ4n) is 1.56. The summed E-state index contributed by atoms with van der Waals surface area (Å²) >= 11 is 17.6. The minimum absolute atomic E-state index is 0.0466. The SMILES string of the molecule is Oc1cc(CF)c(O)n1-c1cc(Cl)c(Cl)cc1Cl. The van der Waals surface area contributed by atoms with E-state index < -0.39 is 12.6 Å². The smallest absolute Gasteiger partial charge is 0.204 e. The van der Waals surface area contributed by atoms with Crippen molar-refractivity contribution in [2.45, 2.75) is 6.67 Å². The van der Waals surface area contributed by atoms with Gasteiger partial charge in [0.2, 0.25) is 5.88 Å². The number of aromatic nitrogens is 1. The lowest BCUT2D eigenvalue weighted by atomic mass is 10.3. The largest absolute Gasteiger partial charge is 0.494 e. The molecule has 0 aliphatic carbocycles. The van der Waals surface area contributed by atoms with Gasteiger partial charge in [-0.05, 0) is 12.1 Å². The molecule has 0 radical (unpaired) electrons. The van der Waals surface area contributed by atoms with Crippen molar-refractivity contribution in [3.05, 3.63) is 38.8 Å². The molecule has 1 aromatic heterocycles. The van der Waals surface area contributed by atoms with Crippen LogP contribution >= 0.6 is 34.8 Å². The predicted octanol–water partition coefficient (Wildman–Crippen LogP) is 4.32. The molecule has 0 saturated carbocycles. The molecule has 3 nitrogen and oxygen atoms in total. The molecule has 0 unspecified atom stereocenters. The van der Waals surface area contributed by atoms with Crippen molar-refractivity contribution in [3.63, 3.8) is 0 Å². The molecular formula is C11H7Cl3FNO2. The second-order valence-corrected chi connectivity index (χ2v) is 4.76. The van der Waals surface area contributed by atoms with Crippen molar-refractivity contribution in [3.8, 4) is 17.4 Å². The van der Waals surface area contributed by atoms with E-state index in [1.54, 1.807) is 0 Å². The van der Waals surface area contributed by atoms with Crippen molar-refractivity contribution >= 4 is 34.8 Å². The normalized spacial score (nSPS) is 10.9. The molecule has 1 aromatic carbocycles. The van der Waals surface area contributed by atoms with Crippen LogP contribution in [0, 0.1) is 0 Å². The lowest BCUT2D eigenvalue weighted by Gasteiger charge is -2.10. The van der Waals surface area contributed by atoms with Gasteiger partial charge in [0, 0.05) is 11.6 Å². The molecule has 2 aromatic rings. The number of aromatic hydroxyl groups is 2. The standard InChI is InChI=1S/C11H7Cl3FNO2/c12-6-2-8(14)9(3-7(6)13)16-10(17)1-5(4-15)11(16)18/h1-3,17-18H,4H2. The number of alkyl halides is 1. The number of halogens is 4. The van der Waals surface area contributed by atoms with Gasteiger partial charge < -0.3 is 10.2 Å². The molecule has 1 heterocycles. The minimum atomic E-state index is -0.911. The van der Waals surface area contributed by atoms with Crippen molar-refractivity contribution in [1.29, 1.82) is 0 Å². The molecule has 2 rings (SSSR count). The molecule has 96 valence electrons. The monoisotopic (exact) mass is 309 g/mol. The Morgan fingerprint density at radius 2 is 1.61 bits per heavy atom. The highest BCUT2D eigenvalue weighted by Crippen LogP contribution is 2.38. The maximum atomic E-state index is 12.6. The van der Waals surface area contributed by atoms with Crippen molar-refractivity contribution in [2.75, 3.05) is 0 Å². The maximum Gasteiger partial charge on any atom is 0.204 e. The second-order valence-electron chi connectivity index (χ2n) is 3.54. The Hall–Kier alpha value is -1.10. The predicted molar refractivity (Wildman–Crippen MR) is 68.9 cm³/mol. The van der Waals surface area contributed by atoms with Crippen LogP contribution in [-0.2, 0) is 6.67 Å². The van der Waals surface area contributed by atoms with Crippen LogP contribution in [0.4, 0.5) is 4.39 Å². The van der Waals surface area contributed by atoms with Crippen LogP contribution in [0.2, 0.25) is 15.1 Å². The van der Waals surface area contributed by atoms with E-state index in [4.69, 9.17) is 34.8 Å². The molecule has 2 N–H and O–H groups in total. The van der Waals surface area contributed by atoms with E-state index in [1.165, 1.54) is 12.1 Å². The molecule has 0 bridgehead atoms. The first-order valence-electron chi connectivity index (χ1n) is 4.79. The summed E-state index contributed by atoms with van der Waals surface area (Å²) in [5.41, 5.74) is 0.162. The summed E-state index contributed by atoms with van der Waals surface area (Å²) in [5.74, 6) is -0.782. The van der Waals surface area contributed by atoms with E-state index in [9.17, 15) is 14.6 Å². The van der Waals surface area contributed by atoms with Crippen LogP contribution in [-0.4, -0.2) is 14.8 Å². The maximum absolute atomic E-state index is 12.6. The zero-order chi connectivity index (χ0) is 13.4. The Labute approximate surface area is 117 Å². The topological polar surface area (TPSA) is 45.4 Å². The van der Waals surface area contributed by atoms with E-state index in [2.05, 4.69) is 0 Å². The van der Waals surface area contributed by atoms with Gasteiger partial charge in [-0.1, -0.05) is 34.8 Å². The van der Waals surface area contributed by atoms with Crippen molar-refractivity contribution in [1.82, 2.24) is 4.57 Å². The Balaban J connectivity index is 2.69. The van der Waals surface area contributed by atoms with E-state index in [1.807, 2.05) is 0 Å². The van der Waals surface area contributed by atoms with Crippen molar-refractivity contribution < 1.29 is 14.6 Å². The van der Waals surface area contributed by atoms with Gasteiger partial charge >= 0.3 is 0 Å². The molecule has 7 heteroatoms. The fourth-order valence-corrected chi connectivity index (χ4v) is 2.18. The average Bonchev–Trinajstić information content (AvgIpc) is 2.59. The molecule has 0 amide bonds. The van der Waals surface area contributed by atoms with Gasteiger partial charge in [-0.3, -0.25) is 0 Å². The van der Waals surface area contributed by atoms with Gasteiger partial charge in [0.25, 0.3) is 0 Å². The van der Waals surface area contributed by atoms with E-state index in [0.717, 1.165) is 10.6 Å². The molecule has 0 aliphatic rings. The highest BCUT2D eigenvalue weighted by atomic mass is 35.5. The second kappa shape index (κ2) is 4.88. The van der Waals surface area contributed by atoms with Gasteiger partial charge in [-0.2, -0.15) is 0 Å². The summed E-state index contributed by atoms with van der Waals surface area (Å²) in [7, 11) is 0. The first kappa shape index (κ1) is 13.3. The summed E-state index contributed by atoms with van der Waals surface area (Å²) in [6.45, 7) is -0.911. The molecule has 18 heavy (non-hydrogen) atoms. The lowest BCUT2D eigenvalue weighted by Crippen LogP contribution is -1.94. The summed E-state index contributed by atoms with van der Waals surface area (Å²) in [6, 6.07) is 3.84. The zero-order valence-corrected chi connectivity index (χ0v) is 11.1. The Kier molecular flexibility index (Phi) is 3.61. The van der Waals surface area contributed by atoms with E-state index >= 15 is 0 Å². The number of rotatable bonds is 2. The molecule has 0 saturated heterocycles. The first-order chi connectivity index (χ1) is 8.45. The summed E-state index contributed by atoms with van der Waals surface area (Å²) < 4.78 is 13.6. The number of hydrogen-bond donors (Lipinski definition) is 2. The molecule has 0 aliphatic heterocycles. The summed E-state index contributed by atoms with van der Waals surface area (Å²) in [6.07, 6.45) is 0. The quantitative estimate of drug-likeness (QED) is 0.812. The van der Waals surface area contributed by atoms with Crippen LogP contribution < -0.4 is 0 Å². The van der Waals surface area contributed by atoms with E-state index in [0.29, 0.717) is 0 Å². The summed E-state index contributed by atoms with van der Waals surface area (Å²) in [5, 5.41) is 20.1. The van der Waals surface area contributed by atoms with Gasteiger partial charge in [0.05, 0.1) is 20.8 Å². The van der Waals surface area contributed by atoms with Crippen LogP contribution in [0.15, 0.2) is 18.2 Å². The number of benzene rings is 1. The number of hydrogen-bond acceptors (Lipinski definition) is 2. The van der Waals surface area contributed by atoms with Crippen LogP contribution in [0.25, 0.3) is 5.69 Å². The third-order valence-corrected chi connectivity index (χ3v) is 3.43. The Morgan fingerprint density at radius 1 is 1.00 bits per heavy atom. The van der Waals surface area contributed by atoms with Gasteiger partial charge in [0.1, 0.15) is 6.67 Å². The first-order valence-corrected chi connectivity index (χ1v) is 5.92. The van der Waals surface area contributed by atoms with Crippen LogP contribution in [0.3, 0.4) is 0 Å². The fraction of sp³-hybridized carbons (Fsp3) is 0.0909. The highest BCUT2D eigenvalue weighted by Gasteiger charge is 2.18.